The molecule has 0 bridgehead atoms. The number of aryl methyl sites for hydroxylation is 1. The number of anilines is 1. The summed E-state index contributed by atoms with van der Waals surface area (Å²) < 4.78 is 5.33. The highest BCUT2D eigenvalue weighted by Gasteiger charge is 2.05. The molecule has 0 aliphatic rings. The van der Waals surface area contributed by atoms with Crippen LogP contribution in [0.5, 0.6) is 0 Å². The first-order valence-corrected chi connectivity index (χ1v) is 4.74. The van der Waals surface area contributed by atoms with Gasteiger partial charge >= 0.3 is 0 Å². The summed E-state index contributed by atoms with van der Waals surface area (Å²) in [6, 6.07) is 7.99. The maximum absolute atomic E-state index is 5.33. The average molecular weight is 203 g/mol. The van der Waals surface area contributed by atoms with Gasteiger partial charge in [0.1, 0.15) is 0 Å². The van der Waals surface area contributed by atoms with E-state index in [1.165, 1.54) is 0 Å². The smallest absolute Gasteiger partial charge is 0.247 e. The molecule has 2 aromatic rings. The first-order valence-electron chi connectivity index (χ1n) is 4.74. The average Bonchev–Trinajstić information content (AvgIpc) is 2.65. The van der Waals surface area contributed by atoms with Crippen molar-refractivity contribution >= 4 is 5.69 Å². The minimum atomic E-state index is 0.567. The van der Waals surface area contributed by atoms with Crippen LogP contribution < -0.4 is 4.90 Å². The predicted octanol–water partition coefficient (Wildman–Crippen LogP) is 2.11. The topological polar surface area (TPSA) is 42.2 Å². The third kappa shape index (κ3) is 1.98. The summed E-state index contributed by atoms with van der Waals surface area (Å²) >= 11 is 0. The maximum atomic E-state index is 5.33. The molecule has 0 aliphatic carbocycles. The largest absolute Gasteiger partial charge is 0.421 e. The van der Waals surface area contributed by atoms with Crippen LogP contribution in [-0.2, 0) is 0 Å². The van der Waals surface area contributed by atoms with Crippen LogP contribution in [0.15, 0.2) is 28.7 Å². The van der Waals surface area contributed by atoms with Crippen LogP contribution in [0.4, 0.5) is 5.69 Å². The van der Waals surface area contributed by atoms with E-state index in [-0.39, 0.29) is 0 Å². The molecule has 0 saturated heterocycles. The Kier molecular flexibility index (Phi) is 2.41. The van der Waals surface area contributed by atoms with Gasteiger partial charge in [-0.05, 0) is 24.3 Å². The Morgan fingerprint density at radius 2 is 1.73 bits per heavy atom. The van der Waals surface area contributed by atoms with Gasteiger partial charge in [-0.15, -0.1) is 10.2 Å². The van der Waals surface area contributed by atoms with Crippen LogP contribution in [0.1, 0.15) is 5.89 Å². The van der Waals surface area contributed by atoms with Gasteiger partial charge in [0.2, 0.25) is 11.8 Å². The monoisotopic (exact) mass is 203 g/mol. The number of hydrogen-bond acceptors (Lipinski definition) is 4. The summed E-state index contributed by atoms with van der Waals surface area (Å²) in [7, 11) is 4.01. The van der Waals surface area contributed by atoms with Gasteiger partial charge in [0, 0.05) is 32.3 Å². The van der Waals surface area contributed by atoms with E-state index >= 15 is 0 Å². The number of nitrogens with zero attached hydrogens (tertiary/aromatic N) is 3. The minimum Gasteiger partial charge on any atom is -0.421 e. The summed E-state index contributed by atoms with van der Waals surface area (Å²) in [6.45, 7) is 1.78. The molecule has 0 radical (unpaired) electrons. The molecule has 4 heteroatoms. The zero-order valence-electron chi connectivity index (χ0n) is 9.06. The standard InChI is InChI=1S/C11H13N3O/c1-8-12-13-11(15-8)9-4-6-10(7-5-9)14(2)3/h4-7H,1-3H3. The van der Waals surface area contributed by atoms with Crippen molar-refractivity contribution in [3.63, 3.8) is 0 Å². The second-order valence-electron chi connectivity index (χ2n) is 3.57. The third-order valence-corrected chi connectivity index (χ3v) is 2.16. The number of rotatable bonds is 2. The van der Waals surface area contributed by atoms with Gasteiger partial charge in [0.05, 0.1) is 0 Å². The van der Waals surface area contributed by atoms with Gasteiger partial charge in [-0.2, -0.15) is 0 Å². The molecule has 0 fully saturated rings. The Morgan fingerprint density at radius 1 is 1.07 bits per heavy atom. The van der Waals surface area contributed by atoms with Crippen molar-refractivity contribution < 1.29 is 4.42 Å². The molecule has 4 nitrogen and oxygen atoms in total. The predicted molar refractivity (Wildman–Crippen MR) is 58.8 cm³/mol. The zero-order valence-corrected chi connectivity index (χ0v) is 9.06. The SMILES string of the molecule is Cc1nnc(-c2ccc(N(C)C)cc2)o1. The fourth-order valence-corrected chi connectivity index (χ4v) is 1.32. The summed E-state index contributed by atoms with van der Waals surface area (Å²) in [6.07, 6.45) is 0. The fraction of sp³-hybridized carbons (Fsp3) is 0.273. The Morgan fingerprint density at radius 3 is 2.20 bits per heavy atom. The van der Waals surface area contributed by atoms with Gasteiger partial charge in [-0.1, -0.05) is 0 Å². The molecule has 2 rings (SSSR count). The van der Waals surface area contributed by atoms with Gasteiger partial charge in [-0.25, -0.2) is 0 Å². The molecule has 0 unspecified atom stereocenters. The molecule has 0 spiro atoms. The van der Waals surface area contributed by atoms with E-state index in [4.69, 9.17) is 4.42 Å². The van der Waals surface area contributed by atoms with Crippen molar-refractivity contribution in [3.05, 3.63) is 30.2 Å². The summed E-state index contributed by atoms with van der Waals surface area (Å²) in [5, 5.41) is 7.75. The lowest BCUT2D eigenvalue weighted by molar-refractivity contribution is 0.533. The van der Waals surface area contributed by atoms with Gasteiger partial charge in [0.15, 0.2) is 0 Å². The van der Waals surface area contributed by atoms with E-state index in [1.807, 2.05) is 43.3 Å². The molecule has 1 aromatic heterocycles. The quantitative estimate of drug-likeness (QED) is 0.749. The minimum absolute atomic E-state index is 0.567. The third-order valence-electron chi connectivity index (χ3n) is 2.16. The van der Waals surface area contributed by atoms with Crippen LogP contribution in [0.3, 0.4) is 0 Å². The highest BCUT2D eigenvalue weighted by molar-refractivity contribution is 5.58. The molecular weight excluding hydrogens is 190 g/mol. The summed E-state index contributed by atoms with van der Waals surface area (Å²) in [5.41, 5.74) is 2.09. The Hall–Kier alpha value is -1.84. The first-order chi connectivity index (χ1) is 7.16. The zero-order chi connectivity index (χ0) is 10.8. The van der Waals surface area contributed by atoms with Crippen LogP contribution in [-0.4, -0.2) is 24.3 Å². The van der Waals surface area contributed by atoms with Gasteiger partial charge in [0.25, 0.3) is 0 Å². The molecule has 0 saturated carbocycles. The first kappa shape index (κ1) is 9.71. The summed E-state index contributed by atoms with van der Waals surface area (Å²) in [5.74, 6) is 1.15. The highest BCUT2D eigenvalue weighted by Crippen LogP contribution is 2.20. The number of hydrogen-bond donors (Lipinski definition) is 0. The lowest BCUT2D eigenvalue weighted by atomic mass is 10.2. The number of benzene rings is 1. The molecule has 0 N–H and O–H groups in total. The molecule has 78 valence electrons. The molecule has 0 atom stereocenters. The lowest BCUT2D eigenvalue weighted by Crippen LogP contribution is -2.07. The van der Waals surface area contributed by atoms with E-state index in [0.717, 1.165) is 11.3 Å². The Balaban J connectivity index is 2.31. The molecule has 1 heterocycles. The van der Waals surface area contributed by atoms with E-state index in [2.05, 4.69) is 10.2 Å². The molecule has 0 aliphatic heterocycles. The van der Waals surface area contributed by atoms with Crippen LogP contribution in [0.2, 0.25) is 0 Å². The lowest BCUT2D eigenvalue weighted by Gasteiger charge is -2.11. The van der Waals surface area contributed by atoms with Crippen LogP contribution in [0, 0.1) is 6.92 Å². The second kappa shape index (κ2) is 3.73. The molecular formula is C11H13N3O. The van der Waals surface area contributed by atoms with Crippen molar-refractivity contribution in [1.29, 1.82) is 0 Å². The Bertz CT molecular complexity index is 445. The maximum Gasteiger partial charge on any atom is 0.247 e. The fourth-order valence-electron chi connectivity index (χ4n) is 1.32. The van der Waals surface area contributed by atoms with Crippen molar-refractivity contribution in [2.24, 2.45) is 0 Å². The van der Waals surface area contributed by atoms with Crippen molar-refractivity contribution in [2.75, 3.05) is 19.0 Å². The van der Waals surface area contributed by atoms with E-state index < -0.39 is 0 Å². The Labute approximate surface area is 88.5 Å². The van der Waals surface area contributed by atoms with E-state index in [1.54, 1.807) is 6.92 Å². The molecule has 1 aromatic carbocycles. The molecule has 0 amide bonds. The summed E-state index contributed by atoms with van der Waals surface area (Å²) in [4.78, 5) is 2.04. The van der Waals surface area contributed by atoms with Gasteiger partial charge in [-0.3, -0.25) is 0 Å². The van der Waals surface area contributed by atoms with Crippen LogP contribution >= 0.6 is 0 Å². The van der Waals surface area contributed by atoms with Crippen molar-refractivity contribution in [1.82, 2.24) is 10.2 Å². The van der Waals surface area contributed by atoms with E-state index in [0.29, 0.717) is 11.8 Å². The number of aromatic nitrogens is 2. The molecule has 15 heavy (non-hydrogen) atoms. The van der Waals surface area contributed by atoms with E-state index in [9.17, 15) is 0 Å². The van der Waals surface area contributed by atoms with Crippen molar-refractivity contribution in [3.8, 4) is 11.5 Å². The van der Waals surface area contributed by atoms with Gasteiger partial charge < -0.3 is 9.32 Å². The van der Waals surface area contributed by atoms with Crippen LogP contribution in [0.25, 0.3) is 11.5 Å². The normalized spacial score (nSPS) is 10.3. The highest BCUT2D eigenvalue weighted by atomic mass is 16.4. The van der Waals surface area contributed by atoms with Crippen molar-refractivity contribution in [2.45, 2.75) is 6.92 Å². The second-order valence-corrected chi connectivity index (χ2v) is 3.57.